The third-order valence-electron chi connectivity index (χ3n) is 4.65. The van der Waals surface area contributed by atoms with Crippen LogP contribution in [0.15, 0.2) is 66.0 Å². The van der Waals surface area contributed by atoms with Gasteiger partial charge in [0.05, 0.1) is 18.1 Å². The highest BCUT2D eigenvalue weighted by atomic mass is 35.5. The van der Waals surface area contributed by atoms with Crippen LogP contribution in [-0.4, -0.2) is 25.5 Å². The summed E-state index contributed by atoms with van der Waals surface area (Å²) in [6.45, 7) is 0.565. The normalized spacial score (nSPS) is 12.8. The van der Waals surface area contributed by atoms with Crippen LogP contribution in [0.4, 0.5) is 24.5 Å². The van der Waals surface area contributed by atoms with Crippen LogP contribution in [-0.2, 0) is 24.1 Å². The predicted molar refractivity (Wildman–Crippen MR) is 118 cm³/mol. The van der Waals surface area contributed by atoms with Crippen LogP contribution in [0.5, 0.6) is 0 Å². The Morgan fingerprint density at radius 1 is 1.19 bits per heavy atom. The minimum Gasteiger partial charge on any atom is -0.587 e. The van der Waals surface area contributed by atoms with Gasteiger partial charge in [0.25, 0.3) is 0 Å². The average molecular weight is 480 g/mol. The van der Waals surface area contributed by atoms with Gasteiger partial charge in [-0.3, -0.25) is 4.98 Å². The number of alkyl halides is 3. The molecule has 1 aromatic carbocycles. The molecule has 0 aliphatic carbocycles. The van der Waals surface area contributed by atoms with Crippen molar-refractivity contribution in [2.24, 2.45) is 0 Å². The largest absolute Gasteiger partial charge is 0.587 e. The fourth-order valence-corrected chi connectivity index (χ4v) is 4.54. The first-order valence-electron chi connectivity index (χ1n) is 9.39. The van der Waals surface area contributed by atoms with E-state index in [-0.39, 0.29) is 10.8 Å². The number of hydrogen-bond donors (Lipinski definition) is 2. The average Bonchev–Trinajstić information content (AvgIpc) is 3.12. The van der Waals surface area contributed by atoms with Crippen molar-refractivity contribution < 1.29 is 17.7 Å². The monoisotopic (exact) mass is 479 g/mol. The Labute approximate surface area is 189 Å². The molecule has 1 unspecified atom stereocenters. The van der Waals surface area contributed by atoms with Gasteiger partial charge in [-0.25, -0.2) is 4.98 Å². The van der Waals surface area contributed by atoms with Gasteiger partial charge in [0.1, 0.15) is 22.6 Å². The number of anilines is 2. The fraction of sp³-hybridized carbons (Fsp3) is 0.143. The summed E-state index contributed by atoms with van der Waals surface area (Å²) in [6.07, 6.45) is 0.364. The van der Waals surface area contributed by atoms with Crippen LogP contribution < -0.4 is 10.6 Å². The smallest absolute Gasteiger partial charge is 0.433 e. The molecule has 0 saturated heterocycles. The maximum atomic E-state index is 13.2. The zero-order chi connectivity index (χ0) is 22.9. The van der Waals surface area contributed by atoms with Gasteiger partial charge in [0, 0.05) is 23.8 Å². The lowest BCUT2D eigenvalue weighted by atomic mass is 10.1. The van der Waals surface area contributed by atoms with E-state index in [1.165, 1.54) is 12.3 Å². The first-order chi connectivity index (χ1) is 15.3. The number of pyridine rings is 2. The molecule has 32 heavy (non-hydrogen) atoms. The van der Waals surface area contributed by atoms with Crippen LogP contribution >= 0.6 is 11.6 Å². The number of fused-ring (bicyclic) bond motifs is 1. The number of nitrogens with one attached hydrogen (secondary N) is 2. The van der Waals surface area contributed by atoms with E-state index in [0.29, 0.717) is 22.6 Å². The third-order valence-corrected chi connectivity index (χ3v) is 6.25. The number of benzene rings is 1. The van der Waals surface area contributed by atoms with Gasteiger partial charge in [-0.05, 0) is 49.0 Å². The van der Waals surface area contributed by atoms with Gasteiger partial charge in [-0.1, -0.05) is 17.7 Å². The lowest BCUT2D eigenvalue weighted by Crippen LogP contribution is -2.12. The number of aromatic nitrogens is 3. The van der Waals surface area contributed by atoms with E-state index in [4.69, 9.17) is 11.6 Å². The van der Waals surface area contributed by atoms with E-state index < -0.39 is 23.2 Å². The van der Waals surface area contributed by atoms with Crippen molar-refractivity contribution in [3.63, 3.8) is 0 Å². The number of rotatable bonds is 6. The zero-order valence-electron chi connectivity index (χ0n) is 16.7. The van der Waals surface area contributed by atoms with E-state index in [0.717, 1.165) is 17.0 Å². The van der Waals surface area contributed by atoms with E-state index in [2.05, 4.69) is 20.6 Å². The fourth-order valence-electron chi connectivity index (χ4n) is 3.22. The highest BCUT2D eigenvalue weighted by molar-refractivity contribution is 7.90. The molecule has 0 aliphatic heterocycles. The second-order valence-corrected chi connectivity index (χ2v) is 8.56. The van der Waals surface area contributed by atoms with E-state index >= 15 is 0 Å². The Morgan fingerprint density at radius 3 is 2.66 bits per heavy atom. The first-order valence-corrected chi connectivity index (χ1v) is 10.9. The molecular formula is C21H17ClF3N5OS. The van der Waals surface area contributed by atoms with Crippen molar-refractivity contribution in [1.29, 1.82) is 0 Å². The minimum absolute atomic E-state index is 0.223. The molecule has 4 aromatic rings. The van der Waals surface area contributed by atoms with Crippen LogP contribution in [0.2, 0.25) is 5.15 Å². The molecule has 0 radical (unpaired) electrons. The van der Waals surface area contributed by atoms with Crippen molar-refractivity contribution >= 4 is 45.2 Å². The summed E-state index contributed by atoms with van der Waals surface area (Å²) in [5.74, 6) is 0. The molecule has 3 aromatic heterocycles. The Kier molecular flexibility index (Phi) is 6.29. The van der Waals surface area contributed by atoms with Gasteiger partial charge in [0.15, 0.2) is 10.0 Å². The summed E-state index contributed by atoms with van der Waals surface area (Å²) >= 11 is 4.43. The molecule has 3 heterocycles. The maximum absolute atomic E-state index is 13.2. The molecule has 0 aliphatic rings. The maximum Gasteiger partial charge on any atom is 0.433 e. The van der Waals surface area contributed by atoms with Crippen molar-refractivity contribution in [2.45, 2.75) is 17.6 Å². The summed E-state index contributed by atoms with van der Waals surface area (Å²) in [5, 5.41) is 6.66. The second kappa shape index (κ2) is 8.99. The molecule has 2 N–H and O–H groups in total. The molecule has 6 nitrogen and oxygen atoms in total. The molecule has 0 spiro atoms. The third kappa shape index (κ3) is 4.53. The molecular weight excluding hydrogens is 463 g/mol. The molecule has 0 amide bonds. The lowest BCUT2D eigenvalue weighted by Gasteiger charge is -2.13. The standard InChI is InChI=1S/C21H17ClF3N5OS/c1-26-10-13-12-30(32(31)15-3-2-8-27-11-15)18-9-14(4-5-16(13)18)28-17-6-7-19(21(23,24)25)29-20(17)22/h2-9,11-12,26,28H,10H2,1H3. The summed E-state index contributed by atoms with van der Waals surface area (Å²) in [5.41, 5.74) is 1.33. The Bertz CT molecular complexity index is 1250. The van der Waals surface area contributed by atoms with Crippen LogP contribution in [0, 0.1) is 0 Å². The second-order valence-electron chi connectivity index (χ2n) is 6.84. The molecule has 1 atom stereocenters. The van der Waals surface area contributed by atoms with Crippen molar-refractivity contribution in [3.05, 3.63) is 77.5 Å². The lowest BCUT2D eigenvalue weighted by molar-refractivity contribution is -0.141. The van der Waals surface area contributed by atoms with Gasteiger partial charge < -0.3 is 15.2 Å². The van der Waals surface area contributed by atoms with Gasteiger partial charge in [-0.2, -0.15) is 17.1 Å². The summed E-state index contributed by atoms with van der Waals surface area (Å²) < 4.78 is 53.4. The summed E-state index contributed by atoms with van der Waals surface area (Å²) in [7, 11) is 1.82. The Balaban J connectivity index is 1.73. The van der Waals surface area contributed by atoms with Crippen LogP contribution in [0.3, 0.4) is 0 Å². The summed E-state index contributed by atoms with van der Waals surface area (Å²) in [6, 6.07) is 10.9. The van der Waals surface area contributed by atoms with Crippen LogP contribution in [0.1, 0.15) is 11.3 Å². The Hall–Kier alpha value is -2.79. The Morgan fingerprint density at radius 2 is 2.00 bits per heavy atom. The molecule has 166 valence electrons. The van der Waals surface area contributed by atoms with E-state index in [1.54, 1.807) is 40.6 Å². The SMILES string of the molecule is CNCc1cn([S+]([O-])c2cccnc2)c2cc(Nc3ccc(C(F)(F)F)nc3Cl)ccc12. The van der Waals surface area contributed by atoms with Gasteiger partial charge in [-0.15, -0.1) is 0 Å². The molecule has 4 rings (SSSR count). The molecule has 0 bridgehead atoms. The van der Waals surface area contributed by atoms with Crippen LogP contribution in [0.25, 0.3) is 10.9 Å². The van der Waals surface area contributed by atoms with Crippen molar-refractivity contribution in [2.75, 3.05) is 12.4 Å². The van der Waals surface area contributed by atoms with E-state index in [1.807, 2.05) is 13.1 Å². The van der Waals surface area contributed by atoms with Gasteiger partial charge >= 0.3 is 6.18 Å². The topological polar surface area (TPSA) is 77.8 Å². The highest BCUT2D eigenvalue weighted by Gasteiger charge is 2.33. The highest BCUT2D eigenvalue weighted by Crippen LogP contribution is 2.33. The van der Waals surface area contributed by atoms with Gasteiger partial charge in [0.2, 0.25) is 0 Å². The van der Waals surface area contributed by atoms with E-state index in [9.17, 15) is 17.7 Å². The quantitative estimate of drug-likeness (QED) is 0.296. The number of hydrogen-bond acceptors (Lipinski definition) is 5. The van der Waals surface area contributed by atoms with Crippen molar-refractivity contribution in [3.8, 4) is 0 Å². The summed E-state index contributed by atoms with van der Waals surface area (Å²) in [4.78, 5) is 7.99. The predicted octanol–water partition coefficient (Wildman–Crippen LogP) is 5.14. The molecule has 0 saturated carbocycles. The minimum atomic E-state index is -4.58. The first kappa shape index (κ1) is 22.4. The molecule has 0 fully saturated rings. The molecule has 11 heteroatoms. The van der Waals surface area contributed by atoms with Crippen molar-refractivity contribution in [1.82, 2.24) is 19.3 Å². The zero-order valence-corrected chi connectivity index (χ0v) is 18.2. The number of halogens is 4. The number of nitrogens with zero attached hydrogens (tertiary/aromatic N) is 3.